The molecular weight excluding hydrogens is 370 g/mol. The number of amides is 1. The highest BCUT2D eigenvalue weighted by atomic mass is 32.2. The van der Waals surface area contributed by atoms with Gasteiger partial charge in [0.1, 0.15) is 11.1 Å². The third-order valence-corrected chi connectivity index (χ3v) is 5.49. The maximum absolute atomic E-state index is 12.7. The van der Waals surface area contributed by atoms with E-state index in [2.05, 4.69) is 16.4 Å². The Balaban J connectivity index is 1.82. The van der Waals surface area contributed by atoms with Gasteiger partial charge in [0, 0.05) is 22.3 Å². The molecule has 1 N–H and O–H groups in total. The summed E-state index contributed by atoms with van der Waals surface area (Å²) in [5, 5.41) is 14.4. The molecule has 3 rings (SSSR count). The number of Topliss-reactive ketones (excluding diaryl/α,β-unsaturated/α-hetero) is 1. The number of nitrogens with one attached hydrogen (secondary N) is 1. The number of hydrogen-bond donors (Lipinski definition) is 1. The maximum Gasteiger partial charge on any atom is 0.237 e. The molecule has 1 aromatic heterocycles. The summed E-state index contributed by atoms with van der Waals surface area (Å²) in [7, 11) is 0. The number of nitrogens with zero attached hydrogens (tertiary/aromatic N) is 2. The minimum atomic E-state index is -0.471. The number of anilines is 1. The predicted molar refractivity (Wildman–Crippen MR) is 112 cm³/mol. The van der Waals surface area contributed by atoms with Crippen molar-refractivity contribution >= 4 is 39.9 Å². The van der Waals surface area contributed by atoms with Crippen molar-refractivity contribution in [1.29, 1.82) is 5.26 Å². The van der Waals surface area contributed by atoms with Crippen LogP contribution in [-0.2, 0) is 4.79 Å². The van der Waals surface area contributed by atoms with Crippen molar-refractivity contribution in [1.82, 2.24) is 4.98 Å². The molecule has 28 heavy (non-hydrogen) atoms. The van der Waals surface area contributed by atoms with Gasteiger partial charge in [-0.25, -0.2) is 4.98 Å². The first-order chi connectivity index (χ1) is 13.4. The van der Waals surface area contributed by atoms with E-state index < -0.39 is 5.25 Å². The Kier molecular flexibility index (Phi) is 5.76. The molecule has 0 saturated heterocycles. The van der Waals surface area contributed by atoms with Crippen molar-refractivity contribution in [2.45, 2.75) is 31.0 Å². The summed E-state index contributed by atoms with van der Waals surface area (Å²) >= 11 is 1.21. The average molecular weight is 389 g/mol. The Bertz CT molecular complexity index is 1110. The number of rotatable bonds is 5. The zero-order valence-electron chi connectivity index (χ0n) is 15.8. The molecule has 0 spiro atoms. The van der Waals surface area contributed by atoms with Crippen LogP contribution < -0.4 is 5.32 Å². The van der Waals surface area contributed by atoms with Crippen molar-refractivity contribution in [2.24, 2.45) is 0 Å². The minimum Gasteiger partial charge on any atom is -0.325 e. The number of nitriles is 1. The van der Waals surface area contributed by atoms with E-state index in [1.807, 2.05) is 42.5 Å². The fourth-order valence-corrected chi connectivity index (χ4v) is 3.82. The molecule has 0 fully saturated rings. The molecule has 140 valence electrons. The monoisotopic (exact) mass is 389 g/mol. The highest BCUT2D eigenvalue weighted by Gasteiger charge is 2.20. The second kappa shape index (κ2) is 8.24. The van der Waals surface area contributed by atoms with Crippen molar-refractivity contribution in [3.8, 4) is 6.07 Å². The Morgan fingerprint density at radius 2 is 1.89 bits per heavy atom. The third kappa shape index (κ3) is 4.05. The summed E-state index contributed by atoms with van der Waals surface area (Å²) in [6.07, 6.45) is 0. The van der Waals surface area contributed by atoms with Gasteiger partial charge in [-0.15, -0.1) is 0 Å². The van der Waals surface area contributed by atoms with Gasteiger partial charge in [0.05, 0.1) is 10.8 Å². The summed E-state index contributed by atoms with van der Waals surface area (Å²) in [5.41, 5.74) is 2.02. The summed E-state index contributed by atoms with van der Waals surface area (Å²) < 4.78 is 0. The number of ketones is 1. The smallest absolute Gasteiger partial charge is 0.237 e. The molecule has 1 atom stereocenters. The molecule has 6 heteroatoms. The fourth-order valence-electron chi connectivity index (χ4n) is 2.90. The molecule has 0 aliphatic carbocycles. The highest BCUT2D eigenvalue weighted by Crippen LogP contribution is 2.29. The van der Waals surface area contributed by atoms with Crippen LogP contribution in [0.15, 0.2) is 53.6 Å². The van der Waals surface area contributed by atoms with E-state index in [9.17, 15) is 14.9 Å². The van der Waals surface area contributed by atoms with E-state index in [-0.39, 0.29) is 11.7 Å². The van der Waals surface area contributed by atoms with E-state index in [1.165, 1.54) is 18.7 Å². The topological polar surface area (TPSA) is 82.8 Å². The molecule has 0 saturated carbocycles. The highest BCUT2D eigenvalue weighted by molar-refractivity contribution is 8.00. The number of pyridine rings is 1. The molecule has 1 heterocycles. The van der Waals surface area contributed by atoms with E-state index >= 15 is 0 Å². The molecule has 0 aliphatic heterocycles. The Labute approximate surface area is 167 Å². The van der Waals surface area contributed by atoms with Gasteiger partial charge in [-0.05, 0) is 38.3 Å². The van der Waals surface area contributed by atoms with Crippen molar-refractivity contribution in [3.05, 3.63) is 65.4 Å². The third-order valence-electron chi connectivity index (χ3n) is 4.38. The number of thioether (sulfide) groups is 1. The lowest BCUT2D eigenvalue weighted by molar-refractivity contribution is -0.115. The van der Waals surface area contributed by atoms with Gasteiger partial charge in [0.2, 0.25) is 5.91 Å². The molecule has 3 aromatic rings. The van der Waals surface area contributed by atoms with Crippen molar-refractivity contribution in [3.63, 3.8) is 0 Å². The van der Waals surface area contributed by atoms with Gasteiger partial charge in [-0.1, -0.05) is 48.2 Å². The molecular formula is C22H19N3O2S. The van der Waals surface area contributed by atoms with Crippen LogP contribution in [0.3, 0.4) is 0 Å². The number of aromatic nitrogens is 1. The van der Waals surface area contributed by atoms with Gasteiger partial charge in [0.25, 0.3) is 0 Å². The Morgan fingerprint density at radius 1 is 1.18 bits per heavy atom. The second-order valence-electron chi connectivity index (χ2n) is 6.42. The first-order valence-corrected chi connectivity index (χ1v) is 9.66. The summed E-state index contributed by atoms with van der Waals surface area (Å²) in [6.45, 7) is 4.93. The lowest BCUT2D eigenvalue weighted by atomic mass is 10.1. The van der Waals surface area contributed by atoms with E-state index in [4.69, 9.17) is 0 Å². The second-order valence-corrected chi connectivity index (χ2v) is 7.75. The van der Waals surface area contributed by atoms with Gasteiger partial charge in [-0.2, -0.15) is 5.26 Å². The summed E-state index contributed by atoms with van der Waals surface area (Å²) in [5.74, 6) is -0.319. The van der Waals surface area contributed by atoms with Crippen LogP contribution in [0.4, 0.5) is 5.69 Å². The van der Waals surface area contributed by atoms with Crippen LogP contribution in [0.25, 0.3) is 10.8 Å². The standard InChI is InChI=1S/C22H19N3O2S/c1-13-19(14(2)26)11-17(12-23)22(24-13)28-15(3)21(27)25-20-10-6-8-16-7-4-5-9-18(16)20/h4-11,15H,1-3H3,(H,25,27). The van der Waals surface area contributed by atoms with Crippen LogP contribution in [0.2, 0.25) is 0 Å². The number of carbonyl (C=O) groups is 2. The minimum absolute atomic E-state index is 0.139. The van der Waals surface area contributed by atoms with Crippen LogP contribution in [-0.4, -0.2) is 21.9 Å². The fraction of sp³-hybridized carbons (Fsp3) is 0.182. The van der Waals surface area contributed by atoms with E-state index in [1.54, 1.807) is 19.9 Å². The molecule has 0 aliphatic rings. The van der Waals surface area contributed by atoms with Gasteiger partial charge < -0.3 is 5.32 Å². The number of hydrogen-bond acceptors (Lipinski definition) is 5. The first-order valence-electron chi connectivity index (χ1n) is 8.78. The van der Waals surface area contributed by atoms with Crippen LogP contribution in [0, 0.1) is 18.3 Å². The largest absolute Gasteiger partial charge is 0.325 e. The molecule has 5 nitrogen and oxygen atoms in total. The normalized spacial score (nSPS) is 11.6. The lowest BCUT2D eigenvalue weighted by Crippen LogP contribution is -2.23. The molecule has 2 aromatic carbocycles. The predicted octanol–water partition coefficient (Wildman–Crippen LogP) is 4.74. The van der Waals surface area contributed by atoms with Gasteiger partial charge >= 0.3 is 0 Å². The summed E-state index contributed by atoms with van der Waals surface area (Å²) in [6, 6.07) is 17.2. The molecule has 1 unspecified atom stereocenters. The number of aryl methyl sites for hydroxylation is 1. The number of benzene rings is 2. The van der Waals surface area contributed by atoms with Crippen LogP contribution in [0.5, 0.6) is 0 Å². The van der Waals surface area contributed by atoms with Crippen LogP contribution in [0.1, 0.15) is 35.5 Å². The number of carbonyl (C=O) groups excluding carboxylic acids is 2. The average Bonchev–Trinajstić information content (AvgIpc) is 2.68. The zero-order chi connectivity index (χ0) is 20.3. The molecule has 0 radical (unpaired) electrons. The quantitative estimate of drug-likeness (QED) is 0.503. The number of fused-ring (bicyclic) bond motifs is 1. The van der Waals surface area contributed by atoms with E-state index in [0.29, 0.717) is 21.8 Å². The SMILES string of the molecule is CC(=O)c1cc(C#N)c(SC(C)C(=O)Nc2cccc3ccccc23)nc1C. The molecule has 1 amide bonds. The van der Waals surface area contributed by atoms with E-state index in [0.717, 1.165) is 16.5 Å². The van der Waals surface area contributed by atoms with Gasteiger partial charge in [0.15, 0.2) is 5.78 Å². The summed E-state index contributed by atoms with van der Waals surface area (Å²) in [4.78, 5) is 28.8. The molecule has 0 bridgehead atoms. The maximum atomic E-state index is 12.7. The zero-order valence-corrected chi connectivity index (χ0v) is 16.6. The Morgan fingerprint density at radius 3 is 2.61 bits per heavy atom. The lowest BCUT2D eigenvalue weighted by Gasteiger charge is -2.14. The van der Waals surface area contributed by atoms with Crippen LogP contribution >= 0.6 is 11.8 Å². The first kappa shape index (κ1) is 19.6. The van der Waals surface area contributed by atoms with Gasteiger partial charge in [-0.3, -0.25) is 9.59 Å². The van der Waals surface area contributed by atoms with Crippen molar-refractivity contribution < 1.29 is 9.59 Å². The van der Waals surface area contributed by atoms with Crippen molar-refractivity contribution in [2.75, 3.05) is 5.32 Å². The Hall–Kier alpha value is -3.17.